The molecular formula is C11H14BrNO2. The number of nitrogens with zero attached hydrogens (tertiary/aromatic N) is 1. The lowest BCUT2D eigenvalue weighted by atomic mass is 9.95. The average Bonchev–Trinajstić information content (AvgIpc) is 2.18. The number of carbonyl (C=O) groups is 1. The Morgan fingerprint density at radius 2 is 2.33 bits per heavy atom. The number of hydrogen-bond donors (Lipinski definition) is 1. The number of carboxylic acid groups (broad SMARTS) is 1. The Morgan fingerprint density at radius 1 is 1.60 bits per heavy atom. The molecule has 0 aliphatic rings. The Balaban J connectivity index is 2.84. The van der Waals surface area contributed by atoms with E-state index in [1.165, 1.54) is 0 Å². The number of aromatic nitrogens is 1. The van der Waals surface area contributed by atoms with E-state index in [2.05, 4.69) is 27.8 Å². The third-order valence-corrected chi connectivity index (χ3v) is 2.71. The number of hydrogen-bond acceptors (Lipinski definition) is 2. The zero-order chi connectivity index (χ0) is 11.3. The van der Waals surface area contributed by atoms with E-state index >= 15 is 0 Å². The summed E-state index contributed by atoms with van der Waals surface area (Å²) in [4.78, 5) is 15.1. The summed E-state index contributed by atoms with van der Waals surface area (Å²) in [5, 5.41) is 9.10. The predicted octanol–water partition coefficient (Wildman–Crippen LogP) is 3.20. The van der Waals surface area contributed by atoms with Crippen molar-refractivity contribution in [3.63, 3.8) is 0 Å². The molecule has 0 aromatic carbocycles. The van der Waals surface area contributed by atoms with E-state index in [1.54, 1.807) is 12.4 Å². The molecule has 0 spiro atoms. The van der Waals surface area contributed by atoms with Gasteiger partial charge >= 0.3 is 5.97 Å². The third kappa shape index (κ3) is 3.63. The second-order valence-corrected chi connectivity index (χ2v) is 4.39. The fourth-order valence-electron chi connectivity index (χ4n) is 1.46. The van der Waals surface area contributed by atoms with Crippen LogP contribution >= 0.6 is 15.9 Å². The molecule has 1 heterocycles. The van der Waals surface area contributed by atoms with Gasteiger partial charge in [0.05, 0.1) is 5.92 Å². The van der Waals surface area contributed by atoms with E-state index in [-0.39, 0.29) is 0 Å². The van der Waals surface area contributed by atoms with E-state index in [4.69, 9.17) is 5.11 Å². The fourth-order valence-corrected chi connectivity index (χ4v) is 1.84. The molecule has 0 aliphatic heterocycles. The lowest BCUT2D eigenvalue weighted by molar-refractivity contribution is -0.139. The van der Waals surface area contributed by atoms with Crippen molar-refractivity contribution in [1.29, 1.82) is 0 Å². The molecule has 1 N–H and O–H groups in total. The molecule has 1 rings (SSSR count). The molecule has 0 fully saturated rings. The molecule has 0 bridgehead atoms. The van der Waals surface area contributed by atoms with Gasteiger partial charge in [0.15, 0.2) is 0 Å². The molecule has 1 aromatic rings. The van der Waals surface area contributed by atoms with Crippen molar-refractivity contribution in [3.05, 3.63) is 28.5 Å². The molecule has 0 saturated carbocycles. The molecule has 1 aromatic heterocycles. The number of carboxylic acids is 1. The number of aliphatic carboxylic acids is 1. The highest BCUT2D eigenvalue weighted by molar-refractivity contribution is 9.10. The molecule has 1 unspecified atom stereocenters. The molecule has 0 amide bonds. The highest BCUT2D eigenvalue weighted by Gasteiger charge is 2.19. The van der Waals surface area contributed by atoms with Crippen LogP contribution in [0.2, 0.25) is 0 Å². The molecular weight excluding hydrogens is 258 g/mol. The van der Waals surface area contributed by atoms with Crippen molar-refractivity contribution in [2.24, 2.45) is 0 Å². The van der Waals surface area contributed by atoms with Crippen molar-refractivity contribution in [2.45, 2.75) is 32.1 Å². The minimum Gasteiger partial charge on any atom is -0.481 e. The van der Waals surface area contributed by atoms with Gasteiger partial charge in [-0.05, 0) is 34.0 Å². The molecule has 0 aliphatic carbocycles. The average molecular weight is 272 g/mol. The second kappa shape index (κ2) is 5.85. The van der Waals surface area contributed by atoms with Gasteiger partial charge in [-0.15, -0.1) is 0 Å². The molecule has 82 valence electrons. The molecule has 4 heteroatoms. The van der Waals surface area contributed by atoms with E-state index in [0.29, 0.717) is 6.42 Å². The Morgan fingerprint density at radius 3 is 2.87 bits per heavy atom. The maximum absolute atomic E-state index is 11.1. The lowest BCUT2D eigenvalue weighted by Gasteiger charge is -2.11. The first-order valence-electron chi connectivity index (χ1n) is 4.98. The molecule has 1 atom stereocenters. The van der Waals surface area contributed by atoms with Crippen LogP contribution in [0.5, 0.6) is 0 Å². The van der Waals surface area contributed by atoms with Crippen molar-refractivity contribution in [3.8, 4) is 0 Å². The summed E-state index contributed by atoms with van der Waals surface area (Å²) in [5.41, 5.74) is 0.769. The quantitative estimate of drug-likeness (QED) is 0.895. The van der Waals surface area contributed by atoms with Gasteiger partial charge in [-0.1, -0.05) is 19.8 Å². The van der Waals surface area contributed by atoms with Crippen LogP contribution in [-0.2, 0) is 4.79 Å². The molecule has 0 radical (unpaired) electrons. The van der Waals surface area contributed by atoms with Crippen LogP contribution in [0.25, 0.3) is 0 Å². The first-order valence-corrected chi connectivity index (χ1v) is 5.77. The van der Waals surface area contributed by atoms with E-state index in [0.717, 1.165) is 22.9 Å². The standard InChI is InChI=1S/C11H14BrNO2/c1-2-3-4-10(11(14)15)8-5-9(12)7-13-6-8/h5-7,10H,2-4H2,1H3,(H,14,15). The van der Waals surface area contributed by atoms with E-state index < -0.39 is 11.9 Å². The van der Waals surface area contributed by atoms with Gasteiger partial charge in [0, 0.05) is 16.9 Å². The van der Waals surface area contributed by atoms with Gasteiger partial charge in [-0.2, -0.15) is 0 Å². The summed E-state index contributed by atoms with van der Waals surface area (Å²) in [6.07, 6.45) is 5.88. The SMILES string of the molecule is CCCCC(C(=O)O)c1cncc(Br)c1. The summed E-state index contributed by atoms with van der Waals surface area (Å²) in [5.74, 6) is -1.21. The first-order chi connectivity index (χ1) is 7.15. The maximum Gasteiger partial charge on any atom is 0.311 e. The van der Waals surface area contributed by atoms with Gasteiger partial charge in [0.2, 0.25) is 0 Å². The molecule has 0 saturated heterocycles. The summed E-state index contributed by atoms with van der Waals surface area (Å²) in [7, 11) is 0. The first kappa shape index (κ1) is 12.2. The van der Waals surface area contributed by atoms with Crippen molar-refractivity contribution in [1.82, 2.24) is 4.98 Å². The zero-order valence-corrected chi connectivity index (χ0v) is 10.2. The minimum absolute atomic E-state index is 0.435. The van der Waals surface area contributed by atoms with Crippen LogP contribution < -0.4 is 0 Å². The summed E-state index contributed by atoms with van der Waals surface area (Å²) < 4.78 is 0.822. The van der Waals surface area contributed by atoms with Crippen molar-refractivity contribution >= 4 is 21.9 Å². The summed E-state index contributed by atoms with van der Waals surface area (Å²) in [6, 6.07) is 1.82. The Labute approximate surface area is 97.7 Å². The maximum atomic E-state index is 11.1. The third-order valence-electron chi connectivity index (χ3n) is 2.27. The Bertz CT molecular complexity index is 341. The lowest BCUT2D eigenvalue weighted by Crippen LogP contribution is -2.11. The van der Waals surface area contributed by atoms with Crippen LogP contribution in [0.3, 0.4) is 0 Å². The smallest absolute Gasteiger partial charge is 0.311 e. The van der Waals surface area contributed by atoms with Crippen LogP contribution in [-0.4, -0.2) is 16.1 Å². The van der Waals surface area contributed by atoms with Crippen molar-refractivity contribution in [2.75, 3.05) is 0 Å². The number of pyridine rings is 1. The van der Waals surface area contributed by atoms with Gasteiger partial charge in [-0.25, -0.2) is 0 Å². The van der Waals surface area contributed by atoms with E-state index in [1.807, 2.05) is 6.07 Å². The summed E-state index contributed by atoms with van der Waals surface area (Å²) >= 11 is 3.29. The van der Waals surface area contributed by atoms with Crippen molar-refractivity contribution < 1.29 is 9.90 Å². The Hall–Kier alpha value is -0.900. The highest BCUT2D eigenvalue weighted by Crippen LogP contribution is 2.24. The molecule has 15 heavy (non-hydrogen) atoms. The second-order valence-electron chi connectivity index (χ2n) is 3.47. The monoisotopic (exact) mass is 271 g/mol. The fraction of sp³-hybridized carbons (Fsp3) is 0.455. The highest BCUT2D eigenvalue weighted by atomic mass is 79.9. The van der Waals surface area contributed by atoms with Crippen LogP contribution in [0.1, 0.15) is 37.7 Å². The zero-order valence-electron chi connectivity index (χ0n) is 8.61. The Kier molecular flexibility index (Phi) is 4.75. The topological polar surface area (TPSA) is 50.2 Å². The van der Waals surface area contributed by atoms with Crippen LogP contribution in [0.15, 0.2) is 22.9 Å². The van der Waals surface area contributed by atoms with Crippen LogP contribution in [0.4, 0.5) is 0 Å². The normalized spacial score (nSPS) is 12.4. The molecule has 3 nitrogen and oxygen atoms in total. The van der Waals surface area contributed by atoms with E-state index in [9.17, 15) is 4.79 Å². The largest absolute Gasteiger partial charge is 0.481 e. The number of unbranched alkanes of at least 4 members (excludes halogenated alkanes) is 1. The van der Waals surface area contributed by atoms with Gasteiger partial charge in [-0.3, -0.25) is 9.78 Å². The summed E-state index contributed by atoms with van der Waals surface area (Å²) in [6.45, 7) is 2.05. The minimum atomic E-state index is -0.775. The number of halogens is 1. The van der Waals surface area contributed by atoms with Gasteiger partial charge in [0.25, 0.3) is 0 Å². The van der Waals surface area contributed by atoms with Gasteiger partial charge < -0.3 is 5.11 Å². The number of rotatable bonds is 5. The predicted molar refractivity (Wildman–Crippen MR) is 61.8 cm³/mol. The van der Waals surface area contributed by atoms with Gasteiger partial charge in [0.1, 0.15) is 0 Å². The van der Waals surface area contributed by atoms with Crippen LogP contribution in [0, 0.1) is 0 Å².